The van der Waals surface area contributed by atoms with E-state index in [9.17, 15) is 8.42 Å². The summed E-state index contributed by atoms with van der Waals surface area (Å²) in [7, 11) is -2.01. The van der Waals surface area contributed by atoms with Crippen molar-refractivity contribution in [2.75, 3.05) is 7.11 Å². The first-order valence-electron chi connectivity index (χ1n) is 8.60. The summed E-state index contributed by atoms with van der Waals surface area (Å²) in [6.45, 7) is 3.97. The van der Waals surface area contributed by atoms with E-state index >= 15 is 0 Å². The molecule has 136 valence electrons. The molecule has 0 bridgehead atoms. The van der Waals surface area contributed by atoms with Gasteiger partial charge in [-0.2, -0.15) is 0 Å². The molecular weight excluding hydrogens is 346 g/mol. The zero-order chi connectivity index (χ0) is 18.7. The van der Waals surface area contributed by atoms with Gasteiger partial charge in [0.25, 0.3) is 0 Å². The molecule has 0 saturated heterocycles. The molecule has 3 rings (SSSR count). The summed E-state index contributed by atoms with van der Waals surface area (Å²) in [5.74, 6) is 0.747. The van der Waals surface area contributed by atoms with Crippen LogP contribution in [0.15, 0.2) is 65.6 Å². The Hall–Kier alpha value is -2.37. The SMILES string of the molecule is CCC(NS(=O)(=O)c1ccc2cc(OC)ccc2c1)c1ccccc1C. The third kappa shape index (κ3) is 3.74. The van der Waals surface area contributed by atoms with Crippen molar-refractivity contribution in [2.45, 2.75) is 31.2 Å². The van der Waals surface area contributed by atoms with Crippen LogP contribution in [0.25, 0.3) is 10.8 Å². The van der Waals surface area contributed by atoms with Crippen molar-refractivity contribution in [3.8, 4) is 5.75 Å². The summed E-state index contributed by atoms with van der Waals surface area (Å²) in [4.78, 5) is 0.266. The lowest BCUT2D eigenvalue weighted by atomic mass is 10.0. The van der Waals surface area contributed by atoms with Crippen molar-refractivity contribution in [3.63, 3.8) is 0 Å². The predicted molar refractivity (Wildman–Crippen MR) is 105 cm³/mol. The van der Waals surface area contributed by atoms with Crippen LogP contribution in [0.4, 0.5) is 0 Å². The fourth-order valence-corrected chi connectivity index (χ4v) is 4.43. The van der Waals surface area contributed by atoms with Crippen molar-refractivity contribution in [1.29, 1.82) is 0 Å². The van der Waals surface area contributed by atoms with Crippen molar-refractivity contribution in [2.24, 2.45) is 0 Å². The molecule has 26 heavy (non-hydrogen) atoms. The Morgan fingerprint density at radius 3 is 2.38 bits per heavy atom. The fraction of sp³-hybridized carbons (Fsp3) is 0.238. The van der Waals surface area contributed by atoms with E-state index in [1.165, 1.54) is 0 Å². The second-order valence-corrected chi connectivity index (χ2v) is 8.03. The molecule has 0 aliphatic rings. The van der Waals surface area contributed by atoms with Crippen molar-refractivity contribution in [3.05, 3.63) is 71.8 Å². The van der Waals surface area contributed by atoms with Crippen LogP contribution in [0, 0.1) is 6.92 Å². The number of methoxy groups -OCH3 is 1. The maximum atomic E-state index is 12.9. The lowest BCUT2D eigenvalue weighted by molar-refractivity contribution is 0.415. The van der Waals surface area contributed by atoms with Crippen LogP contribution in [0.3, 0.4) is 0 Å². The molecule has 0 aromatic heterocycles. The predicted octanol–water partition coefficient (Wildman–Crippen LogP) is 4.59. The van der Waals surface area contributed by atoms with E-state index in [4.69, 9.17) is 4.74 Å². The molecule has 0 aliphatic heterocycles. The van der Waals surface area contributed by atoms with Crippen molar-refractivity contribution < 1.29 is 13.2 Å². The Kier molecular flexibility index (Phi) is 5.30. The van der Waals surface area contributed by atoms with Gasteiger partial charge in [0.1, 0.15) is 5.75 Å². The summed E-state index contributed by atoms with van der Waals surface area (Å²) in [5.41, 5.74) is 2.08. The lowest BCUT2D eigenvalue weighted by Gasteiger charge is -2.19. The van der Waals surface area contributed by atoms with E-state index in [2.05, 4.69) is 4.72 Å². The topological polar surface area (TPSA) is 55.4 Å². The average Bonchev–Trinajstić information content (AvgIpc) is 2.65. The first-order chi connectivity index (χ1) is 12.4. The van der Waals surface area contributed by atoms with Crippen molar-refractivity contribution >= 4 is 20.8 Å². The van der Waals surface area contributed by atoms with E-state index < -0.39 is 10.0 Å². The van der Waals surface area contributed by atoms with Gasteiger partial charge in [0, 0.05) is 6.04 Å². The smallest absolute Gasteiger partial charge is 0.241 e. The molecule has 3 aromatic rings. The first-order valence-corrected chi connectivity index (χ1v) is 10.1. The largest absolute Gasteiger partial charge is 0.497 e. The maximum Gasteiger partial charge on any atom is 0.241 e. The molecule has 1 atom stereocenters. The highest BCUT2D eigenvalue weighted by Crippen LogP contribution is 2.26. The van der Waals surface area contributed by atoms with Gasteiger partial charge in [-0.15, -0.1) is 0 Å². The summed E-state index contributed by atoms with van der Waals surface area (Å²) in [5, 5.41) is 1.80. The third-order valence-corrected chi connectivity index (χ3v) is 6.07. The number of sulfonamides is 1. The number of hydrogen-bond acceptors (Lipinski definition) is 3. The molecule has 0 fully saturated rings. The van der Waals surface area contributed by atoms with Crippen LogP contribution in [0.1, 0.15) is 30.5 Å². The molecule has 0 amide bonds. The second-order valence-electron chi connectivity index (χ2n) is 6.31. The Bertz CT molecular complexity index is 1030. The van der Waals surface area contributed by atoms with Gasteiger partial charge in [0.15, 0.2) is 0 Å². The number of aryl methyl sites for hydroxylation is 1. The Labute approximate surface area is 154 Å². The highest BCUT2D eigenvalue weighted by atomic mass is 32.2. The van der Waals surface area contributed by atoms with Gasteiger partial charge < -0.3 is 4.74 Å². The van der Waals surface area contributed by atoms with Gasteiger partial charge in [0.05, 0.1) is 12.0 Å². The van der Waals surface area contributed by atoms with Crippen LogP contribution in [-0.4, -0.2) is 15.5 Å². The van der Waals surface area contributed by atoms with E-state index in [-0.39, 0.29) is 10.9 Å². The number of nitrogens with one attached hydrogen (secondary N) is 1. The number of ether oxygens (including phenoxy) is 1. The van der Waals surface area contributed by atoms with Gasteiger partial charge in [-0.25, -0.2) is 13.1 Å². The third-order valence-electron chi connectivity index (χ3n) is 4.60. The fourth-order valence-electron chi connectivity index (χ4n) is 3.10. The molecule has 0 heterocycles. The van der Waals surface area contributed by atoms with E-state index in [1.807, 2.05) is 56.3 Å². The van der Waals surface area contributed by atoms with Crippen molar-refractivity contribution in [1.82, 2.24) is 4.72 Å². The number of fused-ring (bicyclic) bond motifs is 1. The molecule has 0 aliphatic carbocycles. The second kappa shape index (κ2) is 7.48. The maximum absolute atomic E-state index is 12.9. The minimum Gasteiger partial charge on any atom is -0.497 e. The zero-order valence-corrected chi connectivity index (χ0v) is 16.0. The normalized spacial score (nSPS) is 12.9. The van der Waals surface area contributed by atoms with Gasteiger partial charge in [-0.05, 0) is 59.5 Å². The molecule has 1 unspecified atom stereocenters. The highest BCUT2D eigenvalue weighted by Gasteiger charge is 2.21. The molecule has 5 heteroatoms. The van der Waals surface area contributed by atoms with E-state index in [0.717, 1.165) is 27.6 Å². The number of rotatable bonds is 6. The lowest BCUT2D eigenvalue weighted by Crippen LogP contribution is -2.28. The molecular formula is C21H23NO3S. The van der Waals surface area contributed by atoms with Crippen LogP contribution in [-0.2, 0) is 10.0 Å². The minimum absolute atomic E-state index is 0.257. The average molecular weight is 369 g/mol. The highest BCUT2D eigenvalue weighted by molar-refractivity contribution is 7.89. The molecule has 0 radical (unpaired) electrons. The van der Waals surface area contributed by atoms with Crippen LogP contribution in [0.5, 0.6) is 5.75 Å². The molecule has 1 N–H and O–H groups in total. The minimum atomic E-state index is -3.62. The summed E-state index contributed by atoms with van der Waals surface area (Å²) < 4.78 is 33.9. The quantitative estimate of drug-likeness (QED) is 0.691. The molecule has 0 saturated carbocycles. The van der Waals surface area contributed by atoms with Gasteiger partial charge in [0.2, 0.25) is 10.0 Å². The van der Waals surface area contributed by atoms with Gasteiger partial charge >= 0.3 is 0 Å². The Morgan fingerprint density at radius 1 is 1.00 bits per heavy atom. The van der Waals surface area contributed by atoms with Crippen LogP contribution < -0.4 is 9.46 Å². The number of benzene rings is 3. The molecule has 3 aromatic carbocycles. The van der Waals surface area contributed by atoms with E-state index in [0.29, 0.717) is 6.42 Å². The standard InChI is InChI=1S/C21H23NO3S/c1-4-21(20-8-6-5-7-15(20)2)22-26(23,24)19-12-10-16-13-18(25-3)11-9-17(16)14-19/h5-14,21-22H,4H2,1-3H3. The van der Waals surface area contributed by atoms with Gasteiger partial charge in [-0.3, -0.25) is 0 Å². The summed E-state index contributed by atoms with van der Waals surface area (Å²) in [6.07, 6.45) is 0.675. The molecule has 4 nitrogen and oxygen atoms in total. The first kappa shape index (κ1) is 18.4. The Morgan fingerprint density at radius 2 is 1.69 bits per heavy atom. The van der Waals surface area contributed by atoms with Crippen LogP contribution in [0.2, 0.25) is 0 Å². The zero-order valence-electron chi connectivity index (χ0n) is 15.2. The molecule has 0 spiro atoms. The van der Waals surface area contributed by atoms with E-state index in [1.54, 1.807) is 25.3 Å². The van der Waals surface area contributed by atoms with Crippen LogP contribution >= 0.6 is 0 Å². The number of hydrogen-bond donors (Lipinski definition) is 1. The Balaban J connectivity index is 1.94. The summed E-state index contributed by atoms with van der Waals surface area (Å²) in [6, 6.07) is 18.3. The monoisotopic (exact) mass is 369 g/mol. The van der Waals surface area contributed by atoms with Gasteiger partial charge in [-0.1, -0.05) is 43.3 Å². The summed E-state index contributed by atoms with van der Waals surface area (Å²) >= 11 is 0.